The second-order valence-corrected chi connectivity index (χ2v) is 6.58. The Morgan fingerprint density at radius 1 is 1.40 bits per heavy atom. The predicted molar refractivity (Wildman–Crippen MR) is 91.7 cm³/mol. The van der Waals surface area contributed by atoms with Crippen LogP contribution in [0.1, 0.15) is 47.2 Å². The number of fused-ring (bicyclic) bond motifs is 1. The number of rotatable bonds is 4. The van der Waals surface area contributed by atoms with Crippen LogP contribution < -0.4 is 5.32 Å². The van der Waals surface area contributed by atoms with Gasteiger partial charge in [0, 0.05) is 18.8 Å². The molecule has 0 aliphatic heterocycles. The Morgan fingerprint density at radius 2 is 2.20 bits per heavy atom. The molecule has 0 atom stereocenters. The third-order valence-electron chi connectivity index (χ3n) is 5.05. The predicted octanol–water partition coefficient (Wildman–Crippen LogP) is 2.87. The van der Waals surface area contributed by atoms with Crippen LogP contribution in [0, 0.1) is 12.7 Å². The van der Waals surface area contributed by atoms with Crippen molar-refractivity contribution in [1.82, 2.24) is 24.6 Å². The number of halogens is 1. The molecule has 130 valence electrons. The molecular formula is C18H20FN5O. The summed E-state index contributed by atoms with van der Waals surface area (Å²) in [4.78, 5) is 16.9. The van der Waals surface area contributed by atoms with Crippen LogP contribution in [0.5, 0.6) is 0 Å². The summed E-state index contributed by atoms with van der Waals surface area (Å²) in [6, 6.07) is 4.92. The number of imidazole rings is 1. The van der Waals surface area contributed by atoms with E-state index in [4.69, 9.17) is 0 Å². The Kier molecular flexibility index (Phi) is 3.78. The van der Waals surface area contributed by atoms with Gasteiger partial charge in [-0.3, -0.25) is 9.48 Å². The van der Waals surface area contributed by atoms with Gasteiger partial charge in [0.15, 0.2) is 0 Å². The number of carbonyl (C=O) groups is 1. The van der Waals surface area contributed by atoms with E-state index in [-0.39, 0.29) is 18.3 Å². The fourth-order valence-corrected chi connectivity index (χ4v) is 3.28. The maximum atomic E-state index is 13.3. The fraction of sp³-hybridized carbons (Fsp3) is 0.389. The van der Waals surface area contributed by atoms with E-state index in [1.165, 1.54) is 18.6 Å². The average molecular weight is 341 g/mol. The van der Waals surface area contributed by atoms with Gasteiger partial charge in [0.2, 0.25) is 0 Å². The molecule has 7 heteroatoms. The first-order valence-corrected chi connectivity index (χ1v) is 8.48. The summed E-state index contributed by atoms with van der Waals surface area (Å²) in [5.74, 6) is 0.194. The van der Waals surface area contributed by atoms with Crippen molar-refractivity contribution in [1.29, 1.82) is 0 Å². The Balaban J connectivity index is 1.50. The van der Waals surface area contributed by atoms with Crippen LogP contribution in [0.2, 0.25) is 0 Å². The van der Waals surface area contributed by atoms with Gasteiger partial charge in [0.1, 0.15) is 11.6 Å². The smallest absolute Gasteiger partial charge is 0.255 e. The lowest BCUT2D eigenvalue weighted by atomic mass is 9.93. The van der Waals surface area contributed by atoms with Gasteiger partial charge in [-0.05, 0) is 38.3 Å². The second kappa shape index (κ2) is 5.98. The van der Waals surface area contributed by atoms with Crippen LogP contribution in [0.4, 0.5) is 4.39 Å². The molecule has 1 saturated carbocycles. The Bertz CT molecular complexity index is 954. The highest BCUT2D eigenvalue weighted by Crippen LogP contribution is 2.32. The molecule has 0 bridgehead atoms. The van der Waals surface area contributed by atoms with E-state index in [0.717, 1.165) is 24.1 Å². The zero-order chi connectivity index (χ0) is 17.6. The van der Waals surface area contributed by atoms with E-state index < -0.39 is 0 Å². The summed E-state index contributed by atoms with van der Waals surface area (Å²) < 4.78 is 17.1. The van der Waals surface area contributed by atoms with Gasteiger partial charge >= 0.3 is 0 Å². The minimum absolute atomic E-state index is 0.165. The van der Waals surface area contributed by atoms with E-state index >= 15 is 0 Å². The van der Waals surface area contributed by atoms with Crippen LogP contribution in [0.3, 0.4) is 0 Å². The molecule has 0 radical (unpaired) electrons. The maximum absolute atomic E-state index is 13.3. The highest BCUT2D eigenvalue weighted by molar-refractivity contribution is 5.95. The molecule has 0 spiro atoms. The first-order chi connectivity index (χ1) is 12.0. The first kappa shape index (κ1) is 15.8. The van der Waals surface area contributed by atoms with Crippen molar-refractivity contribution in [2.45, 2.75) is 38.8 Å². The van der Waals surface area contributed by atoms with Crippen molar-refractivity contribution in [3.63, 3.8) is 0 Å². The number of aromatic nitrogens is 4. The quantitative estimate of drug-likeness (QED) is 0.793. The Morgan fingerprint density at radius 3 is 2.92 bits per heavy atom. The summed E-state index contributed by atoms with van der Waals surface area (Å²) in [5, 5.41) is 7.26. The number of hydrogen-bond acceptors (Lipinski definition) is 3. The summed E-state index contributed by atoms with van der Waals surface area (Å²) in [6.45, 7) is 2.21. The summed E-state index contributed by atoms with van der Waals surface area (Å²) in [7, 11) is 1.86. The lowest BCUT2D eigenvalue weighted by Crippen LogP contribution is -2.25. The first-order valence-electron chi connectivity index (χ1n) is 8.48. The van der Waals surface area contributed by atoms with Crippen LogP contribution >= 0.6 is 0 Å². The molecule has 25 heavy (non-hydrogen) atoms. The lowest BCUT2D eigenvalue weighted by molar-refractivity contribution is 0.0948. The number of nitrogens with one attached hydrogen (secondary N) is 1. The zero-order valence-corrected chi connectivity index (χ0v) is 14.3. The van der Waals surface area contributed by atoms with Crippen LogP contribution in [-0.2, 0) is 13.6 Å². The minimum Gasteiger partial charge on any atom is -0.345 e. The topological polar surface area (TPSA) is 64.7 Å². The third kappa shape index (κ3) is 2.69. The molecule has 1 N–H and O–H groups in total. The zero-order valence-electron chi connectivity index (χ0n) is 14.3. The number of benzene rings is 1. The van der Waals surface area contributed by atoms with Crippen molar-refractivity contribution in [3.05, 3.63) is 47.3 Å². The Hall–Kier alpha value is -2.70. The molecule has 0 unspecified atom stereocenters. The van der Waals surface area contributed by atoms with Crippen molar-refractivity contribution < 1.29 is 9.18 Å². The van der Waals surface area contributed by atoms with E-state index in [1.54, 1.807) is 12.3 Å². The highest BCUT2D eigenvalue weighted by Gasteiger charge is 2.24. The molecule has 2 aromatic heterocycles. The molecule has 1 amide bonds. The van der Waals surface area contributed by atoms with Gasteiger partial charge in [-0.2, -0.15) is 5.10 Å². The fourth-order valence-electron chi connectivity index (χ4n) is 3.28. The van der Waals surface area contributed by atoms with Gasteiger partial charge in [-0.15, -0.1) is 0 Å². The highest BCUT2D eigenvalue weighted by atomic mass is 19.1. The summed E-state index contributed by atoms with van der Waals surface area (Å²) in [5.41, 5.74) is 2.91. The molecule has 1 aliphatic rings. The number of nitrogens with zero attached hydrogens (tertiary/aromatic N) is 4. The van der Waals surface area contributed by atoms with Crippen LogP contribution in [0.15, 0.2) is 24.4 Å². The molecule has 4 rings (SSSR count). The standard InChI is InChI=1S/C18H20FN5O/c1-11-14(9-21-24(11)13-4-3-5-13)18(25)20-10-17-22-15-8-12(19)6-7-16(15)23(17)2/h6-9,13H,3-5,10H2,1-2H3,(H,20,25). The number of carbonyl (C=O) groups excluding carboxylic acids is 1. The maximum Gasteiger partial charge on any atom is 0.255 e. The molecule has 1 aliphatic carbocycles. The van der Waals surface area contributed by atoms with Crippen molar-refractivity contribution in [2.75, 3.05) is 0 Å². The number of aryl methyl sites for hydroxylation is 1. The van der Waals surface area contributed by atoms with Crippen molar-refractivity contribution in [2.24, 2.45) is 7.05 Å². The van der Waals surface area contributed by atoms with Gasteiger partial charge in [0.05, 0.1) is 35.4 Å². The average Bonchev–Trinajstić information content (AvgIpc) is 3.05. The molecule has 2 heterocycles. The molecule has 0 saturated heterocycles. The van der Waals surface area contributed by atoms with Gasteiger partial charge in [0.25, 0.3) is 5.91 Å². The normalized spacial score (nSPS) is 14.7. The Labute approximate surface area is 144 Å². The summed E-state index contributed by atoms with van der Waals surface area (Å²) >= 11 is 0. The molecular weight excluding hydrogens is 321 g/mol. The summed E-state index contributed by atoms with van der Waals surface area (Å²) in [6.07, 6.45) is 5.10. The molecule has 1 aromatic carbocycles. The second-order valence-electron chi connectivity index (χ2n) is 6.58. The lowest BCUT2D eigenvalue weighted by Gasteiger charge is -2.26. The number of amides is 1. The largest absolute Gasteiger partial charge is 0.345 e. The molecule has 3 aromatic rings. The van der Waals surface area contributed by atoms with Crippen molar-refractivity contribution >= 4 is 16.9 Å². The minimum atomic E-state index is -0.319. The van der Waals surface area contributed by atoms with Gasteiger partial charge < -0.3 is 9.88 Å². The van der Waals surface area contributed by atoms with E-state index in [2.05, 4.69) is 15.4 Å². The van der Waals surface area contributed by atoms with Crippen LogP contribution in [-0.4, -0.2) is 25.2 Å². The van der Waals surface area contributed by atoms with Crippen molar-refractivity contribution in [3.8, 4) is 0 Å². The van der Waals surface area contributed by atoms with E-state index in [9.17, 15) is 9.18 Å². The monoisotopic (exact) mass is 341 g/mol. The van der Waals surface area contributed by atoms with Crippen LogP contribution in [0.25, 0.3) is 11.0 Å². The van der Waals surface area contributed by atoms with E-state index in [1.807, 2.05) is 23.2 Å². The third-order valence-corrected chi connectivity index (χ3v) is 5.05. The molecule has 1 fully saturated rings. The SMILES string of the molecule is Cc1c(C(=O)NCc2nc3cc(F)ccc3n2C)cnn1C1CCC1. The number of hydrogen-bond donors (Lipinski definition) is 1. The van der Waals surface area contributed by atoms with E-state index in [0.29, 0.717) is 22.9 Å². The van der Waals surface area contributed by atoms with Gasteiger partial charge in [-0.25, -0.2) is 9.37 Å². The van der Waals surface area contributed by atoms with Gasteiger partial charge in [-0.1, -0.05) is 0 Å². The molecule has 6 nitrogen and oxygen atoms in total.